The Morgan fingerprint density at radius 1 is 1.35 bits per heavy atom. The van der Waals surface area contributed by atoms with Crippen LogP contribution in [0.3, 0.4) is 0 Å². The van der Waals surface area contributed by atoms with E-state index >= 15 is 0 Å². The second-order valence-electron chi connectivity index (χ2n) is 7.17. The van der Waals surface area contributed by atoms with E-state index in [-0.39, 0.29) is 30.0 Å². The highest BCUT2D eigenvalue weighted by molar-refractivity contribution is 7.90. The van der Waals surface area contributed by atoms with Crippen LogP contribution in [0.2, 0.25) is 0 Å². The molecule has 136 valence electrons. The summed E-state index contributed by atoms with van der Waals surface area (Å²) in [7, 11) is -3.06. The molecule has 1 aliphatic carbocycles. The van der Waals surface area contributed by atoms with Crippen LogP contribution in [0.1, 0.15) is 41.0 Å². The topological polar surface area (TPSA) is 93.7 Å². The summed E-state index contributed by atoms with van der Waals surface area (Å²) >= 11 is 0. The van der Waals surface area contributed by atoms with Crippen molar-refractivity contribution < 1.29 is 22.7 Å². The summed E-state index contributed by atoms with van der Waals surface area (Å²) < 4.78 is 33.7. The molecular weight excluding hydrogens is 320 g/mol. The molecule has 0 bridgehead atoms. The molecule has 0 aromatic heterocycles. The van der Waals surface area contributed by atoms with E-state index < -0.39 is 21.5 Å². The second kappa shape index (κ2) is 7.81. The van der Waals surface area contributed by atoms with Gasteiger partial charge in [0.2, 0.25) is 0 Å². The SMILES string of the molecule is CCOC1CC(NC(=O)OC(C)(C)C)C1NC(C)CS(C)(=O)=O. The van der Waals surface area contributed by atoms with Crippen LogP contribution in [0.5, 0.6) is 0 Å². The number of carbonyl (C=O) groups is 1. The highest BCUT2D eigenvalue weighted by atomic mass is 32.2. The maximum Gasteiger partial charge on any atom is 0.407 e. The minimum Gasteiger partial charge on any atom is -0.444 e. The summed E-state index contributed by atoms with van der Waals surface area (Å²) in [5.74, 6) is 0.0432. The van der Waals surface area contributed by atoms with E-state index in [0.717, 1.165) is 0 Å². The predicted octanol–water partition coefficient (Wildman–Crippen LogP) is 1.08. The van der Waals surface area contributed by atoms with Gasteiger partial charge < -0.3 is 20.1 Å². The van der Waals surface area contributed by atoms with Crippen molar-refractivity contribution in [3.05, 3.63) is 0 Å². The molecule has 1 amide bonds. The highest BCUT2D eigenvalue weighted by Crippen LogP contribution is 2.25. The molecule has 0 heterocycles. The van der Waals surface area contributed by atoms with Gasteiger partial charge >= 0.3 is 6.09 Å². The van der Waals surface area contributed by atoms with Crippen LogP contribution in [0.25, 0.3) is 0 Å². The first-order chi connectivity index (χ1) is 10.4. The van der Waals surface area contributed by atoms with E-state index in [9.17, 15) is 13.2 Å². The molecule has 1 saturated carbocycles. The fraction of sp³-hybridized carbons (Fsp3) is 0.933. The molecule has 0 aromatic rings. The van der Waals surface area contributed by atoms with Crippen molar-refractivity contribution in [1.82, 2.24) is 10.6 Å². The van der Waals surface area contributed by atoms with E-state index in [2.05, 4.69) is 10.6 Å². The van der Waals surface area contributed by atoms with Crippen LogP contribution in [0.4, 0.5) is 4.79 Å². The number of ether oxygens (including phenoxy) is 2. The highest BCUT2D eigenvalue weighted by Gasteiger charge is 2.43. The molecule has 2 N–H and O–H groups in total. The van der Waals surface area contributed by atoms with Gasteiger partial charge in [-0.15, -0.1) is 0 Å². The Morgan fingerprint density at radius 2 is 1.96 bits per heavy atom. The molecule has 7 nitrogen and oxygen atoms in total. The second-order valence-corrected chi connectivity index (χ2v) is 9.35. The average Bonchev–Trinajstić information content (AvgIpc) is 2.30. The first kappa shape index (κ1) is 20.2. The number of nitrogens with one attached hydrogen (secondary N) is 2. The monoisotopic (exact) mass is 350 g/mol. The van der Waals surface area contributed by atoms with E-state index in [1.165, 1.54) is 6.26 Å². The number of alkyl carbamates (subject to hydrolysis) is 1. The van der Waals surface area contributed by atoms with Crippen molar-refractivity contribution in [3.63, 3.8) is 0 Å². The van der Waals surface area contributed by atoms with E-state index in [4.69, 9.17) is 9.47 Å². The Labute approximate surface area is 139 Å². The van der Waals surface area contributed by atoms with Gasteiger partial charge in [-0.05, 0) is 41.0 Å². The molecule has 0 radical (unpaired) electrons. The molecule has 1 aliphatic rings. The zero-order chi connectivity index (χ0) is 17.8. The largest absolute Gasteiger partial charge is 0.444 e. The van der Waals surface area contributed by atoms with Gasteiger partial charge in [-0.1, -0.05) is 0 Å². The van der Waals surface area contributed by atoms with Crippen LogP contribution in [-0.4, -0.2) is 63.0 Å². The molecule has 8 heteroatoms. The van der Waals surface area contributed by atoms with Crippen LogP contribution in [0, 0.1) is 0 Å². The zero-order valence-electron chi connectivity index (χ0n) is 14.9. The summed E-state index contributed by atoms with van der Waals surface area (Å²) in [5, 5.41) is 6.08. The van der Waals surface area contributed by atoms with Crippen molar-refractivity contribution in [1.29, 1.82) is 0 Å². The predicted molar refractivity (Wildman–Crippen MR) is 89.3 cm³/mol. The zero-order valence-corrected chi connectivity index (χ0v) is 15.7. The fourth-order valence-corrected chi connectivity index (χ4v) is 3.66. The standard InChI is InChI=1S/C15H30N2O5S/c1-7-21-12-8-11(17-14(18)22-15(3,4)5)13(12)16-10(2)9-23(6,19)20/h10-13,16H,7-9H2,1-6H3,(H,17,18). The molecule has 0 aromatic carbocycles. The van der Waals surface area contributed by atoms with Crippen LogP contribution >= 0.6 is 0 Å². The maximum atomic E-state index is 11.9. The first-order valence-corrected chi connectivity index (χ1v) is 10.0. The quantitative estimate of drug-likeness (QED) is 0.714. The van der Waals surface area contributed by atoms with E-state index in [0.29, 0.717) is 13.0 Å². The molecular formula is C15H30N2O5S. The number of carbonyl (C=O) groups excluding carboxylic acids is 1. The molecule has 4 atom stereocenters. The van der Waals surface area contributed by atoms with Crippen molar-refractivity contribution in [2.75, 3.05) is 18.6 Å². The van der Waals surface area contributed by atoms with E-state index in [1.807, 2.05) is 13.8 Å². The van der Waals surface area contributed by atoms with E-state index in [1.54, 1.807) is 20.8 Å². The minimum absolute atomic E-state index is 0.0399. The maximum absolute atomic E-state index is 11.9. The lowest BCUT2D eigenvalue weighted by Gasteiger charge is -2.46. The number of sulfone groups is 1. The fourth-order valence-electron chi connectivity index (χ4n) is 2.65. The summed E-state index contributed by atoms with van der Waals surface area (Å²) in [4.78, 5) is 11.9. The summed E-state index contributed by atoms with van der Waals surface area (Å²) in [6.45, 7) is 9.71. The normalized spacial score (nSPS) is 26.3. The lowest BCUT2D eigenvalue weighted by atomic mass is 9.82. The van der Waals surface area contributed by atoms with Crippen molar-refractivity contribution >= 4 is 15.9 Å². The van der Waals surface area contributed by atoms with Gasteiger partial charge in [-0.3, -0.25) is 0 Å². The molecule has 0 spiro atoms. The Bertz CT molecular complexity index is 500. The van der Waals surface area contributed by atoms with Crippen molar-refractivity contribution in [2.24, 2.45) is 0 Å². The smallest absolute Gasteiger partial charge is 0.407 e. The average molecular weight is 350 g/mol. The lowest BCUT2D eigenvalue weighted by molar-refractivity contribution is -0.0454. The van der Waals surface area contributed by atoms with Crippen molar-refractivity contribution in [3.8, 4) is 0 Å². The Morgan fingerprint density at radius 3 is 2.43 bits per heavy atom. The Hall–Kier alpha value is -0.860. The van der Waals surface area contributed by atoms with Gasteiger partial charge in [-0.25, -0.2) is 13.2 Å². The van der Waals surface area contributed by atoms with Crippen molar-refractivity contribution in [2.45, 2.75) is 70.9 Å². The molecule has 0 aliphatic heterocycles. The van der Waals surface area contributed by atoms with Gasteiger partial charge in [-0.2, -0.15) is 0 Å². The van der Waals surface area contributed by atoms with Crippen LogP contribution in [0.15, 0.2) is 0 Å². The molecule has 23 heavy (non-hydrogen) atoms. The van der Waals surface area contributed by atoms with Crippen LogP contribution < -0.4 is 10.6 Å². The lowest BCUT2D eigenvalue weighted by Crippen LogP contribution is -2.68. The Kier molecular flexibility index (Phi) is 6.85. The summed E-state index contributed by atoms with van der Waals surface area (Å²) in [5.41, 5.74) is -0.556. The molecule has 0 saturated heterocycles. The van der Waals surface area contributed by atoms with Crippen LogP contribution in [-0.2, 0) is 19.3 Å². The summed E-state index contributed by atoms with van der Waals surface area (Å²) in [6.07, 6.45) is 1.38. The number of hydrogen-bond acceptors (Lipinski definition) is 6. The molecule has 4 unspecified atom stereocenters. The van der Waals surface area contributed by atoms with Gasteiger partial charge in [0, 0.05) is 18.9 Å². The van der Waals surface area contributed by atoms with Gasteiger partial charge in [0.15, 0.2) is 0 Å². The third-order valence-electron chi connectivity index (χ3n) is 3.43. The number of hydrogen-bond donors (Lipinski definition) is 2. The third-order valence-corrected chi connectivity index (χ3v) is 4.54. The molecule has 1 fully saturated rings. The molecule has 1 rings (SSSR count). The Balaban J connectivity index is 2.60. The van der Waals surface area contributed by atoms with Gasteiger partial charge in [0.1, 0.15) is 15.4 Å². The van der Waals surface area contributed by atoms with Gasteiger partial charge in [0.25, 0.3) is 0 Å². The minimum atomic E-state index is -3.06. The first-order valence-electron chi connectivity index (χ1n) is 7.96. The third kappa shape index (κ3) is 7.50. The summed E-state index contributed by atoms with van der Waals surface area (Å²) in [6, 6.07) is -0.483. The number of amides is 1. The number of rotatable bonds is 7. The van der Waals surface area contributed by atoms with Gasteiger partial charge in [0.05, 0.1) is 23.9 Å².